The Kier molecular flexibility index (Phi) is 5.79. The topological polar surface area (TPSA) is 55.8 Å². The Bertz CT molecular complexity index is 322. The fourth-order valence-corrected chi connectivity index (χ4v) is 2.09. The summed E-state index contributed by atoms with van der Waals surface area (Å²) >= 11 is 0. The van der Waals surface area contributed by atoms with E-state index in [0.29, 0.717) is 0 Å². The summed E-state index contributed by atoms with van der Waals surface area (Å²) in [6, 6.07) is -0.188. The lowest BCUT2D eigenvalue weighted by Gasteiger charge is -2.32. The van der Waals surface area contributed by atoms with E-state index in [1.54, 1.807) is 20.8 Å². The number of hydrogen-bond acceptors (Lipinski definition) is 5. The van der Waals surface area contributed by atoms with Crippen LogP contribution in [0.2, 0.25) is 0 Å². The standard InChI is InChI=1S/C14H25NO4/c1-5-15-9-7-6-8-11(15)12(16)18-10-19-13(17)14(2,3)4/h11H,5-10H2,1-4H3/t11-/m1/s1. The van der Waals surface area contributed by atoms with Crippen molar-refractivity contribution in [2.24, 2.45) is 5.41 Å². The number of hydrogen-bond donors (Lipinski definition) is 0. The molecule has 0 spiro atoms. The average molecular weight is 271 g/mol. The van der Waals surface area contributed by atoms with Crippen LogP contribution in [0.4, 0.5) is 0 Å². The molecule has 1 saturated heterocycles. The molecular weight excluding hydrogens is 246 g/mol. The second kappa shape index (κ2) is 6.89. The van der Waals surface area contributed by atoms with E-state index in [2.05, 4.69) is 4.90 Å². The molecule has 1 atom stereocenters. The molecule has 0 unspecified atom stereocenters. The predicted octanol–water partition coefficient (Wildman–Crippen LogP) is 1.95. The van der Waals surface area contributed by atoms with Crippen molar-refractivity contribution in [3.8, 4) is 0 Å². The van der Waals surface area contributed by atoms with Crippen LogP contribution in [-0.4, -0.2) is 42.8 Å². The lowest BCUT2D eigenvalue weighted by molar-refractivity contribution is -0.176. The molecule has 0 N–H and O–H groups in total. The maximum atomic E-state index is 11.9. The van der Waals surface area contributed by atoms with Gasteiger partial charge >= 0.3 is 11.9 Å². The first-order chi connectivity index (χ1) is 8.86. The van der Waals surface area contributed by atoms with Crippen LogP contribution in [0.15, 0.2) is 0 Å². The smallest absolute Gasteiger partial charge is 0.326 e. The molecule has 5 nitrogen and oxygen atoms in total. The number of carbonyl (C=O) groups excluding carboxylic acids is 2. The maximum absolute atomic E-state index is 11.9. The fourth-order valence-electron chi connectivity index (χ4n) is 2.09. The molecule has 1 aliphatic heterocycles. The molecule has 0 aromatic heterocycles. The van der Waals surface area contributed by atoms with Gasteiger partial charge in [0.15, 0.2) is 0 Å². The molecule has 110 valence electrons. The third kappa shape index (κ3) is 4.82. The van der Waals surface area contributed by atoms with Gasteiger partial charge in [-0.05, 0) is 46.7 Å². The quantitative estimate of drug-likeness (QED) is 0.578. The monoisotopic (exact) mass is 271 g/mol. The van der Waals surface area contributed by atoms with Crippen LogP contribution in [0.3, 0.4) is 0 Å². The summed E-state index contributed by atoms with van der Waals surface area (Å²) in [7, 11) is 0. The number of carbonyl (C=O) groups is 2. The van der Waals surface area contributed by atoms with Gasteiger partial charge in [0.05, 0.1) is 5.41 Å². The number of likely N-dealkylation sites (tertiary alicyclic amines) is 1. The molecule has 19 heavy (non-hydrogen) atoms. The zero-order valence-corrected chi connectivity index (χ0v) is 12.4. The van der Waals surface area contributed by atoms with Crippen molar-refractivity contribution >= 4 is 11.9 Å². The Balaban J connectivity index is 2.36. The molecule has 0 radical (unpaired) electrons. The maximum Gasteiger partial charge on any atom is 0.326 e. The van der Waals surface area contributed by atoms with Gasteiger partial charge in [0.1, 0.15) is 6.04 Å². The molecule has 1 heterocycles. The molecule has 0 bridgehead atoms. The third-order valence-corrected chi connectivity index (χ3v) is 3.30. The summed E-state index contributed by atoms with van der Waals surface area (Å²) in [4.78, 5) is 25.6. The second-order valence-electron chi connectivity index (χ2n) is 5.90. The molecule has 1 rings (SSSR count). The van der Waals surface area contributed by atoms with E-state index < -0.39 is 5.41 Å². The molecule has 0 aliphatic carbocycles. The van der Waals surface area contributed by atoms with Gasteiger partial charge in [-0.15, -0.1) is 0 Å². The van der Waals surface area contributed by atoms with E-state index in [9.17, 15) is 9.59 Å². The summed E-state index contributed by atoms with van der Waals surface area (Å²) in [6.45, 7) is 8.79. The molecule has 1 aliphatic rings. The molecule has 0 aromatic rings. The van der Waals surface area contributed by atoms with E-state index in [-0.39, 0.29) is 24.8 Å². The largest absolute Gasteiger partial charge is 0.427 e. The average Bonchev–Trinajstić information content (AvgIpc) is 2.37. The molecule has 0 saturated carbocycles. The summed E-state index contributed by atoms with van der Waals surface area (Å²) in [5.41, 5.74) is -0.577. The van der Waals surface area contributed by atoms with Crippen LogP contribution in [-0.2, 0) is 19.1 Å². The second-order valence-corrected chi connectivity index (χ2v) is 5.90. The van der Waals surface area contributed by atoms with E-state index in [4.69, 9.17) is 9.47 Å². The number of rotatable bonds is 4. The zero-order valence-electron chi connectivity index (χ0n) is 12.4. The van der Waals surface area contributed by atoms with Crippen LogP contribution in [0, 0.1) is 5.41 Å². The van der Waals surface area contributed by atoms with E-state index in [1.807, 2.05) is 6.92 Å². The fraction of sp³-hybridized carbons (Fsp3) is 0.857. The number of likely N-dealkylation sites (N-methyl/N-ethyl adjacent to an activating group) is 1. The third-order valence-electron chi connectivity index (χ3n) is 3.30. The van der Waals surface area contributed by atoms with Crippen LogP contribution in [0.5, 0.6) is 0 Å². The summed E-state index contributed by atoms with van der Waals surface area (Å²) in [5.74, 6) is -0.653. The highest BCUT2D eigenvalue weighted by Gasteiger charge is 2.29. The van der Waals surface area contributed by atoms with Crippen molar-refractivity contribution in [1.82, 2.24) is 4.90 Å². The van der Waals surface area contributed by atoms with E-state index in [1.165, 1.54) is 0 Å². The van der Waals surface area contributed by atoms with E-state index >= 15 is 0 Å². The molecule has 0 amide bonds. The Morgan fingerprint density at radius 3 is 2.47 bits per heavy atom. The first-order valence-corrected chi connectivity index (χ1v) is 6.94. The normalized spacial score (nSPS) is 20.9. The van der Waals surface area contributed by atoms with Crippen LogP contribution >= 0.6 is 0 Å². The highest BCUT2D eigenvalue weighted by Crippen LogP contribution is 2.18. The number of ether oxygens (including phenoxy) is 2. The van der Waals surface area contributed by atoms with Gasteiger partial charge in [-0.25, -0.2) is 0 Å². The minimum Gasteiger partial charge on any atom is -0.427 e. The van der Waals surface area contributed by atoms with Gasteiger partial charge in [0, 0.05) is 0 Å². The Morgan fingerprint density at radius 1 is 1.21 bits per heavy atom. The van der Waals surface area contributed by atoms with Gasteiger partial charge < -0.3 is 9.47 Å². The Labute approximate surface area is 115 Å². The van der Waals surface area contributed by atoms with Crippen molar-refractivity contribution in [2.75, 3.05) is 19.9 Å². The van der Waals surface area contributed by atoms with Crippen LogP contribution in [0.25, 0.3) is 0 Å². The molecular formula is C14H25NO4. The number of piperidine rings is 1. The highest BCUT2D eigenvalue weighted by molar-refractivity contribution is 5.77. The minimum atomic E-state index is -0.577. The predicted molar refractivity (Wildman–Crippen MR) is 71.4 cm³/mol. The molecule has 0 aromatic carbocycles. The first-order valence-electron chi connectivity index (χ1n) is 6.94. The number of esters is 2. The molecule has 1 fully saturated rings. The SMILES string of the molecule is CCN1CCCC[C@@H]1C(=O)OCOC(=O)C(C)(C)C. The van der Waals surface area contributed by atoms with Gasteiger partial charge in [-0.3, -0.25) is 14.5 Å². The van der Waals surface area contributed by atoms with Crippen LogP contribution < -0.4 is 0 Å². The van der Waals surface area contributed by atoms with Crippen molar-refractivity contribution in [3.05, 3.63) is 0 Å². The van der Waals surface area contributed by atoms with Gasteiger partial charge in [0.2, 0.25) is 6.79 Å². The Hall–Kier alpha value is -1.10. The number of nitrogens with zero attached hydrogens (tertiary/aromatic N) is 1. The van der Waals surface area contributed by atoms with Crippen molar-refractivity contribution in [2.45, 2.75) is 53.0 Å². The van der Waals surface area contributed by atoms with E-state index in [0.717, 1.165) is 32.4 Å². The van der Waals surface area contributed by atoms with Crippen molar-refractivity contribution < 1.29 is 19.1 Å². The highest BCUT2D eigenvalue weighted by atomic mass is 16.7. The summed E-state index contributed by atoms with van der Waals surface area (Å²) in [6.07, 6.45) is 2.98. The van der Waals surface area contributed by atoms with Crippen LogP contribution in [0.1, 0.15) is 47.0 Å². The van der Waals surface area contributed by atoms with Gasteiger partial charge in [-0.1, -0.05) is 13.3 Å². The van der Waals surface area contributed by atoms with Gasteiger partial charge in [0.25, 0.3) is 0 Å². The van der Waals surface area contributed by atoms with Gasteiger partial charge in [-0.2, -0.15) is 0 Å². The Morgan fingerprint density at radius 2 is 1.89 bits per heavy atom. The summed E-state index contributed by atoms with van der Waals surface area (Å²) < 4.78 is 9.99. The lowest BCUT2D eigenvalue weighted by Crippen LogP contribution is -2.45. The van der Waals surface area contributed by atoms with Crippen molar-refractivity contribution in [1.29, 1.82) is 0 Å². The minimum absolute atomic E-state index is 0.188. The summed E-state index contributed by atoms with van der Waals surface area (Å²) in [5, 5.41) is 0. The zero-order chi connectivity index (χ0) is 14.5. The molecule has 5 heteroatoms. The first kappa shape index (κ1) is 16.0. The van der Waals surface area contributed by atoms with Crippen molar-refractivity contribution in [3.63, 3.8) is 0 Å². The lowest BCUT2D eigenvalue weighted by atomic mass is 9.98.